The number of rotatable bonds is 7. The molecule has 1 fully saturated rings. The van der Waals surface area contributed by atoms with Gasteiger partial charge in [-0.2, -0.15) is 0 Å². The molecule has 3 atom stereocenters. The smallest absolute Gasteiger partial charge is 0.226 e. The van der Waals surface area contributed by atoms with Crippen molar-refractivity contribution in [2.75, 3.05) is 0 Å². The van der Waals surface area contributed by atoms with Crippen molar-refractivity contribution >= 4 is 17.2 Å². The molecule has 0 aliphatic carbocycles. The highest BCUT2D eigenvalue weighted by molar-refractivity contribution is 7.18. The summed E-state index contributed by atoms with van der Waals surface area (Å²) in [6.07, 6.45) is 0.206. The zero-order valence-corrected chi connectivity index (χ0v) is 19.1. The van der Waals surface area contributed by atoms with Gasteiger partial charge in [0, 0.05) is 9.75 Å². The van der Waals surface area contributed by atoms with E-state index >= 15 is 0 Å². The van der Waals surface area contributed by atoms with E-state index in [1.54, 1.807) is 35.6 Å². The van der Waals surface area contributed by atoms with Crippen LogP contribution in [0.5, 0.6) is 5.75 Å². The monoisotopic (exact) mass is 473 g/mol. The van der Waals surface area contributed by atoms with E-state index in [1.165, 1.54) is 12.1 Å². The highest BCUT2D eigenvalue weighted by atomic mass is 32.1. The van der Waals surface area contributed by atoms with E-state index in [4.69, 9.17) is 0 Å². The predicted octanol–water partition coefficient (Wildman–Crippen LogP) is 6.23. The Morgan fingerprint density at radius 3 is 2.47 bits per heavy atom. The second-order valence-electron chi connectivity index (χ2n) is 8.54. The minimum Gasteiger partial charge on any atom is -0.508 e. The average Bonchev–Trinajstić information content (AvgIpc) is 3.33. The zero-order valence-electron chi connectivity index (χ0n) is 18.3. The van der Waals surface area contributed by atoms with Gasteiger partial charge in [0.15, 0.2) is 0 Å². The number of β-lactam (4-membered cyclic amide) rings is 1. The number of phenols is 1. The molecule has 3 N–H and O–H groups in total. The molecule has 4 aromatic rings. The van der Waals surface area contributed by atoms with E-state index < -0.39 is 6.10 Å². The van der Waals surface area contributed by atoms with Crippen LogP contribution >= 0.6 is 11.3 Å². The number of aromatic hydroxyl groups is 1. The summed E-state index contributed by atoms with van der Waals surface area (Å²) in [7, 11) is 0. The normalized spacial score (nSPS) is 18.2. The molecule has 1 aliphatic heterocycles. The molecule has 1 aromatic heterocycles. The minimum atomic E-state index is -0.743. The van der Waals surface area contributed by atoms with E-state index in [2.05, 4.69) is 17.4 Å². The number of amides is 1. The maximum absolute atomic E-state index is 13.2. The van der Waals surface area contributed by atoms with Crippen molar-refractivity contribution in [1.82, 2.24) is 5.32 Å². The quantitative estimate of drug-likeness (QED) is 0.279. The summed E-state index contributed by atoms with van der Waals surface area (Å²) in [5.74, 6) is -0.359. The lowest BCUT2D eigenvalue weighted by Crippen LogP contribution is -2.51. The van der Waals surface area contributed by atoms with E-state index in [0.29, 0.717) is 18.4 Å². The molecule has 6 heteroatoms. The molecule has 1 saturated heterocycles. The van der Waals surface area contributed by atoms with Crippen LogP contribution in [-0.2, 0) is 4.79 Å². The summed E-state index contributed by atoms with van der Waals surface area (Å²) >= 11 is 1.64. The van der Waals surface area contributed by atoms with Gasteiger partial charge in [-0.1, -0.05) is 48.5 Å². The second kappa shape index (κ2) is 9.41. The highest BCUT2D eigenvalue weighted by Crippen LogP contribution is 2.43. The molecule has 1 amide bonds. The van der Waals surface area contributed by atoms with Crippen LogP contribution in [-0.4, -0.2) is 16.1 Å². The third-order valence-corrected chi connectivity index (χ3v) is 7.51. The van der Waals surface area contributed by atoms with Crippen LogP contribution in [0.2, 0.25) is 0 Å². The van der Waals surface area contributed by atoms with Gasteiger partial charge in [0.25, 0.3) is 0 Å². The van der Waals surface area contributed by atoms with Gasteiger partial charge in [0.1, 0.15) is 11.6 Å². The van der Waals surface area contributed by atoms with Crippen molar-refractivity contribution in [2.24, 2.45) is 5.92 Å². The Morgan fingerprint density at radius 1 is 0.941 bits per heavy atom. The Labute approximate surface area is 201 Å². The summed E-state index contributed by atoms with van der Waals surface area (Å²) in [5.41, 5.74) is 3.72. The molecule has 0 bridgehead atoms. The maximum atomic E-state index is 13.2. The van der Waals surface area contributed by atoms with Gasteiger partial charge < -0.3 is 15.5 Å². The van der Waals surface area contributed by atoms with Crippen LogP contribution in [0.4, 0.5) is 4.39 Å². The first-order valence-electron chi connectivity index (χ1n) is 11.2. The molecule has 0 saturated carbocycles. The summed E-state index contributed by atoms with van der Waals surface area (Å²) in [4.78, 5) is 14.5. The molecule has 0 spiro atoms. The van der Waals surface area contributed by atoms with E-state index in [-0.39, 0.29) is 29.4 Å². The first kappa shape index (κ1) is 22.3. The molecule has 0 unspecified atom stereocenters. The molecule has 3 aromatic carbocycles. The molecule has 5 rings (SSSR count). The van der Waals surface area contributed by atoms with Gasteiger partial charge in [-0.15, -0.1) is 11.3 Å². The largest absolute Gasteiger partial charge is 0.508 e. The SMILES string of the molecule is O=C1N[C@H](c2ccccc2-c2ccc(-c3cccc(O)c3)s2)[C@H]1CC[C@H](O)c1ccc(F)cc1. The number of phenolic OH excluding ortho intramolecular Hbond substituents is 1. The van der Waals surface area contributed by atoms with Crippen molar-refractivity contribution in [3.63, 3.8) is 0 Å². The van der Waals surface area contributed by atoms with E-state index in [0.717, 1.165) is 26.4 Å². The Balaban J connectivity index is 1.35. The van der Waals surface area contributed by atoms with E-state index in [9.17, 15) is 19.4 Å². The Morgan fingerprint density at radius 2 is 1.71 bits per heavy atom. The molecular formula is C28H24FNO3S. The van der Waals surface area contributed by atoms with Crippen LogP contribution < -0.4 is 5.32 Å². The van der Waals surface area contributed by atoms with Crippen molar-refractivity contribution in [3.05, 3.63) is 102 Å². The fourth-order valence-corrected chi connectivity index (χ4v) is 5.54. The van der Waals surface area contributed by atoms with Gasteiger partial charge in [-0.25, -0.2) is 4.39 Å². The topological polar surface area (TPSA) is 69.6 Å². The van der Waals surface area contributed by atoms with Crippen LogP contribution in [0.1, 0.15) is 36.1 Å². The summed E-state index contributed by atoms with van der Waals surface area (Å²) in [6.45, 7) is 0. The number of halogens is 1. The lowest BCUT2D eigenvalue weighted by atomic mass is 9.79. The maximum Gasteiger partial charge on any atom is 0.226 e. The standard InChI is InChI=1S/C28H24FNO3S/c29-19-10-8-17(9-11-19)24(32)13-12-23-27(30-28(23)33)22-7-2-1-6-21(22)26-15-14-25(34-26)18-4-3-5-20(31)16-18/h1-11,14-16,23-24,27,31-32H,12-13H2,(H,30,33)/t23-,24+,27-/m1/s1. The molecular weight excluding hydrogens is 449 g/mol. The second-order valence-corrected chi connectivity index (χ2v) is 9.62. The van der Waals surface area contributed by atoms with Crippen LogP contribution in [0.25, 0.3) is 20.9 Å². The summed E-state index contributed by atoms with van der Waals surface area (Å²) < 4.78 is 13.2. The van der Waals surface area contributed by atoms with E-state index in [1.807, 2.05) is 36.4 Å². The lowest BCUT2D eigenvalue weighted by Gasteiger charge is -2.38. The van der Waals surface area contributed by atoms with Crippen LogP contribution in [0.3, 0.4) is 0 Å². The van der Waals surface area contributed by atoms with Crippen molar-refractivity contribution < 1.29 is 19.4 Å². The third-order valence-electron chi connectivity index (χ3n) is 6.34. The van der Waals surface area contributed by atoms with Gasteiger partial charge in [-0.3, -0.25) is 4.79 Å². The molecule has 2 heterocycles. The number of aliphatic hydroxyl groups excluding tert-OH is 1. The predicted molar refractivity (Wildman–Crippen MR) is 132 cm³/mol. The number of thiophene rings is 1. The number of benzene rings is 3. The van der Waals surface area contributed by atoms with Gasteiger partial charge in [0.2, 0.25) is 5.91 Å². The lowest BCUT2D eigenvalue weighted by molar-refractivity contribution is -0.135. The number of hydrogen-bond donors (Lipinski definition) is 3. The number of carbonyl (C=O) groups excluding carboxylic acids is 1. The third kappa shape index (κ3) is 4.47. The highest BCUT2D eigenvalue weighted by Gasteiger charge is 2.41. The first-order valence-corrected chi connectivity index (χ1v) is 12.0. The minimum absolute atomic E-state index is 0.0160. The Kier molecular flexibility index (Phi) is 6.18. The molecule has 34 heavy (non-hydrogen) atoms. The first-order chi connectivity index (χ1) is 16.5. The average molecular weight is 474 g/mol. The Hall–Kier alpha value is -3.48. The summed E-state index contributed by atoms with van der Waals surface area (Å²) in [6, 6.07) is 25.0. The zero-order chi connectivity index (χ0) is 23.7. The molecule has 1 aliphatic rings. The van der Waals surface area contributed by atoms with Gasteiger partial charge in [-0.05, 0) is 71.5 Å². The van der Waals surface area contributed by atoms with Crippen molar-refractivity contribution in [1.29, 1.82) is 0 Å². The molecule has 4 nitrogen and oxygen atoms in total. The summed E-state index contributed by atoms with van der Waals surface area (Å²) in [5, 5.41) is 23.4. The van der Waals surface area contributed by atoms with Crippen LogP contribution in [0.15, 0.2) is 84.9 Å². The van der Waals surface area contributed by atoms with Crippen molar-refractivity contribution in [3.8, 4) is 26.6 Å². The number of hydrogen-bond acceptors (Lipinski definition) is 4. The van der Waals surface area contributed by atoms with Crippen LogP contribution in [0, 0.1) is 11.7 Å². The van der Waals surface area contributed by atoms with Gasteiger partial charge >= 0.3 is 0 Å². The fraction of sp³-hybridized carbons (Fsp3) is 0.179. The molecule has 172 valence electrons. The van der Waals surface area contributed by atoms with Crippen molar-refractivity contribution in [2.45, 2.75) is 25.0 Å². The van der Waals surface area contributed by atoms with Gasteiger partial charge in [0.05, 0.1) is 18.1 Å². The fourth-order valence-electron chi connectivity index (χ4n) is 4.49. The Bertz CT molecular complexity index is 1320. The molecule has 0 radical (unpaired) electrons. The number of carbonyl (C=O) groups is 1. The number of nitrogens with one attached hydrogen (secondary N) is 1. The number of aliphatic hydroxyl groups is 1.